The second-order valence-corrected chi connectivity index (χ2v) is 5.18. The predicted molar refractivity (Wildman–Crippen MR) is 63.8 cm³/mol. The van der Waals surface area contributed by atoms with Crippen LogP contribution in [0.2, 0.25) is 0 Å². The summed E-state index contributed by atoms with van der Waals surface area (Å²) in [6.07, 6.45) is 4.07. The monoisotopic (exact) mass is 211 g/mol. The Morgan fingerprint density at radius 3 is 2.60 bits per heavy atom. The van der Waals surface area contributed by atoms with Crippen molar-refractivity contribution in [2.75, 3.05) is 33.2 Å². The van der Waals surface area contributed by atoms with Gasteiger partial charge in [-0.2, -0.15) is 0 Å². The molecule has 1 heterocycles. The third-order valence-electron chi connectivity index (χ3n) is 4.16. The molecule has 2 atom stereocenters. The Morgan fingerprint density at radius 2 is 2.07 bits per heavy atom. The maximum absolute atomic E-state index is 5.91. The van der Waals surface area contributed by atoms with Gasteiger partial charge in [0, 0.05) is 38.3 Å². The number of likely N-dealkylation sites (N-methyl/N-ethyl adjacent to an activating group) is 1. The fraction of sp³-hybridized carbons (Fsp3) is 1.00. The summed E-state index contributed by atoms with van der Waals surface area (Å²) in [6, 6.07) is 1.42. The van der Waals surface area contributed by atoms with E-state index >= 15 is 0 Å². The Balaban J connectivity index is 1.91. The van der Waals surface area contributed by atoms with Crippen LogP contribution in [0.15, 0.2) is 0 Å². The van der Waals surface area contributed by atoms with Crippen LogP contribution in [-0.4, -0.2) is 55.1 Å². The lowest BCUT2D eigenvalue weighted by molar-refractivity contribution is 0.0577. The smallest absolute Gasteiger partial charge is 0.0247 e. The maximum Gasteiger partial charge on any atom is 0.0247 e. The van der Waals surface area contributed by atoms with E-state index in [4.69, 9.17) is 5.73 Å². The molecule has 15 heavy (non-hydrogen) atoms. The number of nitrogens with zero attached hydrogens (tertiary/aromatic N) is 2. The molecule has 0 aromatic carbocycles. The molecule has 2 unspecified atom stereocenters. The topological polar surface area (TPSA) is 32.5 Å². The Kier molecular flexibility index (Phi) is 3.65. The van der Waals surface area contributed by atoms with Gasteiger partial charge in [0.2, 0.25) is 0 Å². The average molecular weight is 211 g/mol. The van der Waals surface area contributed by atoms with E-state index in [0.717, 1.165) is 18.5 Å². The van der Waals surface area contributed by atoms with Gasteiger partial charge in [-0.15, -0.1) is 0 Å². The molecule has 2 fully saturated rings. The third kappa shape index (κ3) is 2.52. The number of rotatable bonds is 4. The SMILES string of the molecule is CCC1CN(C(CN)C2CC2)CCN1C. The van der Waals surface area contributed by atoms with Crippen molar-refractivity contribution in [3.05, 3.63) is 0 Å². The Hall–Kier alpha value is -0.120. The molecule has 2 aliphatic rings. The summed E-state index contributed by atoms with van der Waals surface area (Å²) in [5.74, 6) is 0.913. The molecule has 0 spiro atoms. The molecule has 1 aliphatic carbocycles. The minimum Gasteiger partial charge on any atom is -0.329 e. The fourth-order valence-corrected chi connectivity index (χ4v) is 2.83. The zero-order chi connectivity index (χ0) is 10.8. The van der Waals surface area contributed by atoms with Gasteiger partial charge < -0.3 is 10.6 Å². The van der Waals surface area contributed by atoms with Crippen LogP contribution in [-0.2, 0) is 0 Å². The van der Waals surface area contributed by atoms with Crippen LogP contribution in [0.4, 0.5) is 0 Å². The van der Waals surface area contributed by atoms with Gasteiger partial charge in [-0.25, -0.2) is 0 Å². The zero-order valence-corrected chi connectivity index (χ0v) is 10.2. The van der Waals surface area contributed by atoms with Crippen LogP contribution in [0, 0.1) is 5.92 Å². The molecule has 3 nitrogen and oxygen atoms in total. The second kappa shape index (κ2) is 4.81. The van der Waals surface area contributed by atoms with Crippen molar-refractivity contribution >= 4 is 0 Å². The Morgan fingerprint density at radius 1 is 1.33 bits per heavy atom. The summed E-state index contributed by atoms with van der Waals surface area (Å²) in [5.41, 5.74) is 5.91. The molecule has 1 saturated carbocycles. The highest BCUT2D eigenvalue weighted by Crippen LogP contribution is 2.35. The lowest BCUT2D eigenvalue weighted by Crippen LogP contribution is -2.56. The van der Waals surface area contributed by atoms with E-state index in [-0.39, 0.29) is 0 Å². The third-order valence-corrected chi connectivity index (χ3v) is 4.16. The summed E-state index contributed by atoms with van der Waals surface area (Å²) in [6.45, 7) is 6.79. The van der Waals surface area contributed by atoms with Crippen LogP contribution < -0.4 is 5.73 Å². The molecule has 1 aliphatic heterocycles. The maximum atomic E-state index is 5.91. The first kappa shape index (κ1) is 11.4. The van der Waals surface area contributed by atoms with Crippen LogP contribution in [0.1, 0.15) is 26.2 Å². The number of piperazine rings is 1. The first-order valence-corrected chi connectivity index (χ1v) is 6.40. The van der Waals surface area contributed by atoms with E-state index in [2.05, 4.69) is 23.8 Å². The minimum absolute atomic E-state index is 0.674. The predicted octanol–water partition coefficient (Wildman–Crippen LogP) is 0.750. The van der Waals surface area contributed by atoms with Crippen LogP contribution in [0.3, 0.4) is 0 Å². The molecule has 0 amide bonds. The lowest BCUT2D eigenvalue weighted by Gasteiger charge is -2.42. The van der Waals surface area contributed by atoms with E-state index in [9.17, 15) is 0 Å². The number of hydrogen-bond donors (Lipinski definition) is 1. The highest BCUT2D eigenvalue weighted by atomic mass is 15.3. The largest absolute Gasteiger partial charge is 0.329 e. The molecule has 0 radical (unpaired) electrons. The van der Waals surface area contributed by atoms with Gasteiger partial charge >= 0.3 is 0 Å². The van der Waals surface area contributed by atoms with Gasteiger partial charge in [0.05, 0.1) is 0 Å². The first-order valence-electron chi connectivity index (χ1n) is 6.40. The highest BCUT2D eigenvalue weighted by Gasteiger charge is 2.36. The van der Waals surface area contributed by atoms with Gasteiger partial charge in [-0.1, -0.05) is 6.92 Å². The quantitative estimate of drug-likeness (QED) is 0.745. The van der Waals surface area contributed by atoms with E-state index < -0.39 is 0 Å². The zero-order valence-electron chi connectivity index (χ0n) is 10.2. The van der Waals surface area contributed by atoms with Crippen LogP contribution >= 0.6 is 0 Å². The molecule has 3 heteroatoms. The Bertz CT molecular complexity index is 203. The number of nitrogens with two attached hydrogens (primary N) is 1. The molecule has 2 N–H and O–H groups in total. The van der Waals surface area contributed by atoms with Crippen LogP contribution in [0.5, 0.6) is 0 Å². The molecule has 0 aromatic rings. The van der Waals surface area contributed by atoms with Gasteiger partial charge in [0.15, 0.2) is 0 Å². The van der Waals surface area contributed by atoms with Crippen molar-refractivity contribution in [2.45, 2.75) is 38.3 Å². The van der Waals surface area contributed by atoms with E-state index in [1.807, 2.05) is 0 Å². The van der Waals surface area contributed by atoms with E-state index in [0.29, 0.717) is 6.04 Å². The molecule has 0 aromatic heterocycles. The first-order chi connectivity index (χ1) is 7.26. The van der Waals surface area contributed by atoms with Crippen molar-refractivity contribution in [3.63, 3.8) is 0 Å². The van der Waals surface area contributed by atoms with Gasteiger partial charge in [0.1, 0.15) is 0 Å². The fourth-order valence-electron chi connectivity index (χ4n) is 2.83. The average Bonchev–Trinajstić information content (AvgIpc) is 3.06. The van der Waals surface area contributed by atoms with E-state index in [1.165, 1.54) is 38.9 Å². The summed E-state index contributed by atoms with van der Waals surface area (Å²) in [4.78, 5) is 5.14. The summed E-state index contributed by atoms with van der Waals surface area (Å²) >= 11 is 0. The van der Waals surface area contributed by atoms with Crippen molar-refractivity contribution in [2.24, 2.45) is 11.7 Å². The second-order valence-electron chi connectivity index (χ2n) is 5.18. The summed E-state index contributed by atoms with van der Waals surface area (Å²) in [5, 5.41) is 0. The minimum atomic E-state index is 0.674. The van der Waals surface area contributed by atoms with Crippen molar-refractivity contribution in [3.8, 4) is 0 Å². The van der Waals surface area contributed by atoms with E-state index in [1.54, 1.807) is 0 Å². The standard InChI is InChI=1S/C12H25N3/c1-3-11-9-15(7-6-14(11)2)12(8-13)10-4-5-10/h10-12H,3-9,13H2,1-2H3. The normalized spacial score (nSPS) is 31.8. The lowest BCUT2D eigenvalue weighted by atomic mass is 10.1. The number of hydrogen-bond acceptors (Lipinski definition) is 3. The van der Waals surface area contributed by atoms with Gasteiger partial charge in [-0.05, 0) is 32.2 Å². The van der Waals surface area contributed by atoms with Gasteiger partial charge in [-0.3, -0.25) is 4.90 Å². The molecular formula is C12H25N3. The van der Waals surface area contributed by atoms with Gasteiger partial charge in [0.25, 0.3) is 0 Å². The molecule has 88 valence electrons. The van der Waals surface area contributed by atoms with Crippen molar-refractivity contribution in [1.82, 2.24) is 9.80 Å². The molecule has 0 bridgehead atoms. The highest BCUT2D eigenvalue weighted by molar-refractivity contribution is 4.92. The molecule has 2 rings (SSSR count). The van der Waals surface area contributed by atoms with Crippen LogP contribution in [0.25, 0.3) is 0 Å². The van der Waals surface area contributed by atoms with Crippen molar-refractivity contribution in [1.29, 1.82) is 0 Å². The molecular weight excluding hydrogens is 186 g/mol. The summed E-state index contributed by atoms with van der Waals surface area (Å²) < 4.78 is 0. The Labute approximate surface area is 93.6 Å². The van der Waals surface area contributed by atoms with Crippen molar-refractivity contribution < 1.29 is 0 Å². The summed E-state index contributed by atoms with van der Waals surface area (Å²) in [7, 11) is 2.25. The molecule has 1 saturated heterocycles.